The summed E-state index contributed by atoms with van der Waals surface area (Å²) in [4.78, 5) is 8.59. The molecule has 2 rings (SSSR count). The van der Waals surface area contributed by atoms with Gasteiger partial charge in [0.25, 0.3) is 0 Å². The second-order valence-corrected chi connectivity index (χ2v) is 5.18. The minimum Gasteiger partial charge on any atom is -0.309 e. The number of aromatic nitrogens is 3. The first-order valence-electron chi connectivity index (χ1n) is 6.28. The molecule has 20 heavy (non-hydrogen) atoms. The Kier molecular flexibility index (Phi) is 4.22. The first-order valence-corrected chi connectivity index (χ1v) is 6.82. The van der Waals surface area contributed by atoms with Gasteiger partial charge in [-0.15, -0.1) is 11.6 Å². The van der Waals surface area contributed by atoms with Gasteiger partial charge in [-0.2, -0.15) is 13.2 Å². The Labute approximate surface area is 119 Å². The molecule has 0 aromatic carbocycles. The zero-order chi connectivity index (χ0) is 14.9. The van der Waals surface area contributed by atoms with Gasteiger partial charge in [0.15, 0.2) is 5.65 Å². The highest BCUT2D eigenvalue weighted by atomic mass is 35.5. The van der Waals surface area contributed by atoms with E-state index in [0.717, 1.165) is 5.56 Å². The summed E-state index contributed by atoms with van der Waals surface area (Å²) in [6.45, 7) is 3.39. The SMILES string of the molecule is Cc1ccnc2c1nc(CCCl)n2C(C)CC(F)(F)F. The van der Waals surface area contributed by atoms with E-state index >= 15 is 0 Å². The molecule has 3 nitrogen and oxygen atoms in total. The van der Waals surface area contributed by atoms with Crippen molar-refractivity contribution in [2.75, 3.05) is 5.88 Å². The molecule has 0 fully saturated rings. The van der Waals surface area contributed by atoms with Gasteiger partial charge in [-0.05, 0) is 25.5 Å². The summed E-state index contributed by atoms with van der Waals surface area (Å²) < 4.78 is 39.4. The molecule has 7 heteroatoms. The van der Waals surface area contributed by atoms with Crippen LogP contribution in [0.3, 0.4) is 0 Å². The van der Waals surface area contributed by atoms with Crippen LogP contribution in [0.1, 0.15) is 30.8 Å². The van der Waals surface area contributed by atoms with Crippen molar-refractivity contribution in [3.05, 3.63) is 23.7 Å². The molecule has 0 aliphatic heterocycles. The topological polar surface area (TPSA) is 30.7 Å². The van der Waals surface area contributed by atoms with Crippen LogP contribution in [0, 0.1) is 6.92 Å². The summed E-state index contributed by atoms with van der Waals surface area (Å²) in [5, 5.41) is 0. The second-order valence-electron chi connectivity index (χ2n) is 4.81. The van der Waals surface area contributed by atoms with E-state index < -0.39 is 18.6 Å². The summed E-state index contributed by atoms with van der Waals surface area (Å²) in [6.07, 6.45) is -3.14. The van der Waals surface area contributed by atoms with Gasteiger partial charge in [-0.1, -0.05) is 0 Å². The number of imidazole rings is 1. The number of nitrogens with zero attached hydrogens (tertiary/aromatic N) is 3. The van der Waals surface area contributed by atoms with Crippen molar-refractivity contribution in [2.24, 2.45) is 0 Å². The van der Waals surface area contributed by atoms with Crippen molar-refractivity contribution in [3.63, 3.8) is 0 Å². The molecular weight excluding hydrogens is 291 g/mol. The lowest BCUT2D eigenvalue weighted by atomic mass is 10.2. The quantitative estimate of drug-likeness (QED) is 0.798. The fourth-order valence-electron chi connectivity index (χ4n) is 2.31. The van der Waals surface area contributed by atoms with Crippen molar-refractivity contribution >= 4 is 22.8 Å². The van der Waals surface area contributed by atoms with Crippen LogP contribution in [0.2, 0.25) is 0 Å². The molecule has 2 aromatic rings. The highest BCUT2D eigenvalue weighted by Crippen LogP contribution is 2.31. The monoisotopic (exact) mass is 305 g/mol. The molecule has 0 spiro atoms. The van der Waals surface area contributed by atoms with Crippen LogP contribution in [-0.2, 0) is 6.42 Å². The molecule has 2 heterocycles. The zero-order valence-electron chi connectivity index (χ0n) is 11.2. The van der Waals surface area contributed by atoms with E-state index in [4.69, 9.17) is 11.6 Å². The summed E-state index contributed by atoms with van der Waals surface area (Å²) in [5.74, 6) is 0.856. The van der Waals surface area contributed by atoms with E-state index in [2.05, 4.69) is 9.97 Å². The highest BCUT2D eigenvalue weighted by molar-refractivity contribution is 6.17. The van der Waals surface area contributed by atoms with E-state index in [1.165, 1.54) is 6.92 Å². The second kappa shape index (κ2) is 5.60. The molecule has 110 valence electrons. The van der Waals surface area contributed by atoms with E-state index in [1.54, 1.807) is 16.8 Å². The van der Waals surface area contributed by atoms with Gasteiger partial charge in [-0.25, -0.2) is 9.97 Å². The lowest BCUT2D eigenvalue weighted by Gasteiger charge is -2.18. The molecule has 0 aliphatic carbocycles. The molecule has 0 N–H and O–H groups in total. The fourth-order valence-corrected chi connectivity index (χ4v) is 2.48. The van der Waals surface area contributed by atoms with E-state index in [-0.39, 0.29) is 0 Å². The third-order valence-electron chi connectivity index (χ3n) is 3.14. The Hall–Kier alpha value is -1.30. The number of pyridine rings is 1. The number of hydrogen-bond donors (Lipinski definition) is 0. The number of aryl methyl sites for hydroxylation is 2. The molecule has 0 amide bonds. The molecule has 0 radical (unpaired) electrons. The number of alkyl halides is 4. The van der Waals surface area contributed by atoms with Crippen LogP contribution in [0.4, 0.5) is 13.2 Å². The number of hydrogen-bond acceptors (Lipinski definition) is 2. The van der Waals surface area contributed by atoms with Crippen LogP contribution in [-0.4, -0.2) is 26.6 Å². The largest absolute Gasteiger partial charge is 0.391 e. The lowest BCUT2D eigenvalue weighted by Crippen LogP contribution is -2.18. The predicted molar refractivity (Wildman–Crippen MR) is 72.1 cm³/mol. The minimum atomic E-state index is -4.22. The Balaban J connectivity index is 2.54. The summed E-state index contributed by atoms with van der Waals surface area (Å²) in [7, 11) is 0. The fraction of sp³-hybridized carbons (Fsp3) is 0.538. The zero-order valence-corrected chi connectivity index (χ0v) is 12.0. The van der Waals surface area contributed by atoms with Crippen LogP contribution >= 0.6 is 11.6 Å². The van der Waals surface area contributed by atoms with Crippen molar-refractivity contribution in [1.82, 2.24) is 14.5 Å². The Morgan fingerprint density at radius 1 is 1.40 bits per heavy atom. The third kappa shape index (κ3) is 3.06. The Morgan fingerprint density at radius 2 is 2.10 bits per heavy atom. The molecule has 1 unspecified atom stereocenters. The van der Waals surface area contributed by atoms with Crippen LogP contribution in [0.25, 0.3) is 11.2 Å². The maximum atomic E-state index is 12.6. The molecule has 1 atom stereocenters. The highest BCUT2D eigenvalue weighted by Gasteiger charge is 2.32. The van der Waals surface area contributed by atoms with E-state index in [0.29, 0.717) is 29.3 Å². The predicted octanol–water partition coefficient (Wildman–Crippen LogP) is 4.03. The van der Waals surface area contributed by atoms with Gasteiger partial charge in [-0.3, -0.25) is 0 Å². The van der Waals surface area contributed by atoms with Gasteiger partial charge in [0.1, 0.15) is 11.3 Å². The smallest absolute Gasteiger partial charge is 0.309 e. The molecule has 0 bridgehead atoms. The lowest BCUT2D eigenvalue weighted by molar-refractivity contribution is -0.141. The molecule has 2 aromatic heterocycles. The maximum Gasteiger partial charge on any atom is 0.391 e. The summed E-state index contributed by atoms with van der Waals surface area (Å²) in [6, 6.07) is 1.03. The van der Waals surface area contributed by atoms with Gasteiger partial charge < -0.3 is 4.57 Å². The van der Waals surface area contributed by atoms with Gasteiger partial charge in [0.2, 0.25) is 0 Å². The molecule has 0 saturated heterocycles. The van der Waals surface area contributed by atoms with E-state index in [1.807, 2.05) is 6.92 Å². The Morgan fingerprint density at radius 3 is 2.70 bits per heavy atom. The van der Waals surface area contributed by atoms with Crippen molar-refractivity contribution in [2.45, 2.75) is 38.9 Å². The molecule has 0 aliphatic rings. The summed E-state index contributed by atoms with van der Waals surface area (Å²) >= 11 is 5.72. The van der Waals surface area contributed by atoms with Crippen molar-refractivity contribution in [3.8, 4) is 0 Å². The number of fused-ring (bicyclic) bond motifs is 1. The van der Waals surface area contributed by atoms with Gasteiger partial charge in [0.05, 0.1) is 6.42 Å². The first-order chi connectivity index (χ1) is 9.33. The van der Waals surface area contributed by atoms with Crippen molar-refractivity contribution < 1.29 is 13.2 Å². The number of halogens is 4. The normalized spacial score (nSPS) is 13.9. The van der Waals surface area contributed by atoms with E-state index in [9.17, 15) is 13.2 Å². The van der Waals surface area contributed by atoms with Crippen LogP contribution in [0.15, 0.2) is 12.3 Å². The standard InChI is InChI=1S/C13H15ClF3N3/c1-8-4-6-18-12-11(8)19-10(3-5-14)20(12)9(2)7-13(15,16)17/h4,6,9H,3,5,7H2,1-2H3. The third-order valence-corrected chi connectivity index (χ3v) is 3.33. The maximum absolute atomic E-state index is 12.6. The average Bonchev–Trinajstić information content (AvgIpc) is 2.67. The first kappa shape index (κ1) is 15.1. The summed E-state index contributed by atoms with van der Waals surface area (Å²) in [5.41, 5.74) is 2.02. The average molecular weight is 306 g/mol. The molecular formula is C13H15ClF3N3. The minimum absolute atomic E-state index is 0.307. The van der Waals surface area contributed by atoms with Crippen LogP contribution < -0.4 is 0 Å². The van der Waals surface area contributed by atoms with Crippen molar-refractivity contribution in [1.29, 1.82) is 0 Å². The van der Waals surface area contributed by atoms with Gasteiger partial charge in [0, 0.05) is 24.5 Å². The van der Waals surface area contributed by atoms with Crippen LogP contribution in [0.5, 0.6) is 0 Å². The Bertz CT molecular complexity index is 607. The van der Waals surface area contributed by atoms with Gasteiger partial charge >= 0.3 is 6.18 Å². The molecule has 0 saturated carbocycles. The number of rotatable bonds is 4.